The molecule has 4 heteroatoms. The fourth-order valence-electron chi connectivity index (χ4n) is 2.32. The Kier molecular flexibility index (Phi) is 6.52. The number of aryl methyl sites for hydroxylation is 1. The third-order valence-corrected chi connectivity index (χ3v) is 3.29. The maximum Gasteiger partial charge on any atom is 0.255 e. The van der Waals surface area contributed by atoms with Crippen LogP contribution in [-0.2, 0) is 0 Å². The van der Waals surface area contributed by atoms with E-state index < -0.39 is 0 Å². The second-order valence-electron chi connectivity index (χ2n) is 5.74. The standard InChI is InChI=1S/C16H25NO3/c1-11(2)8-13(6-7-18)10-17-16(20)14-5-4-12(3)9-15(14)19/h4-5,9,11,13,18-19H,6-8,10H2,1-3H3,(H,17,20). The molecule has 3 N–H and O–H groups in total. The summed E-state index contributed by atoms with van der Waals surface area (Å²) in [5, 5.41) is 21.7. The molecule has 0 heterocycles. The number of nitrogens with one attached hydrogen (secondary N) is 1. The third kappa shape index (κ3) is 5.21. The second kappa shape index (κ2) is 7.90. The Bertz CT molecular complexity index is 443. The van der Waals surface area contributed by atoms with E-state index in [1.807, 2.05) is 6.92 Å². The molecule has 0 radical (unpaired) electrons. The zero-order valence-corrected chi connectivity index (χ0v) is 12.5. The minimum Gasteiger partial charge on any atom is -0.507 e. The predicted molar refractivity (Wildman–Crippen MR) is 79.8 cm³/mol. The summed E-state index contributed by atoms with van der Waals surface area (Å²) in [7, 11) is 0. The van der Waals surface area contributed by atoms with Crippen molar-refractivity contribution in [3.63, 3.8) is 0 Å². The molecule has 0 fully saturated rings. The highest BCUT2D eigenvalue weighted by atomic mass is 16.3. The van der Waals surface area contributed by atoms with Gasteiger partial charge in [-0.05, 0) is 49.3 Å². The van der Waals surface area contributed by atoms with Crippen LogP contribution in [0.15, 0.2) is 18.2 Å². The Labute approximate surface area is 120 Å². The van der Waals surface area contributed by atoms with Crippen LogP contribution in [0, 0.1) is 18.8 Å². The van der Waals surface area contributed by atoms with Crippen LogP contribution in [0.2, 0.25) is 0 Å². The Hall–Kier alpha value is -1.55. The number of hydrogen-bond acceptors (Lipinski definition) is 3. The second-order valence-corrected chi connectivity index (χ2v) is 5.74. The largest absolute Gasteiger partial charge is 0.507 e. The van der Waals surface area contributed by atoms with Crippen LogP contribution in [0.3, 0.4) is 0 Å². The monoisotopic (exact) mass is 279 g/mol. The highest BCUT2D eigenvalue weighted by Gasteiger charge is 2.15. The van der Waals surface area contributed by atoms with E-state index in [0.717, 1.165) is 12.0 Å². The van der Waals surface area contributed by atoms with Gasteiger partial charge in [-0.3, -0.25) is 4.79 Å². The van der Waals surface area contributed by atoms with Gasteiger partial charge in [-0.2, -0.15) is 0 Å². The lowest BCUT2D eigenvalue weighted by atomic mass is 9.94. The SMILES string of the molecule is Cc1ccc(C(=O)NCC(CCO)CC(C)C)c(O)c1. The van der Waals surface area contributed by atoms with E-state index in [-0.39, 0.29) is 24.2 Å². The van der Waals surface area contributed by atoms with Crippen LogP contribution in [0.5, 0.6) is 5.75 Å². The van der Waals surface area contributed by atoms with Crippen LogP contribution in [0.25, 0.3) is 0 Å². The van der Waals surface area contributed by atoms with E-state index in [1.54, 1.807) is 18.2 Å². The highest BCUT2D eigenvalue weighted by molar-refractivity contribution is 5.96. The van der Waals surface area contributed by atoms with Crippen molar-refractivity contribution in [3.05, 3.63) is 29.3 Å². The average Bonchev–Trinajstić information content (AvgIpc) is 2.35. The summed E-state index contributed by atoms with van der Waals surface area (Å²) in [6, 6.07) is 5.01. The predicted octanol–water partition coefficient (Wildman–Crippen LogP) is 2.48. The van der Waals surface area contributed by atoms with Crippen molar-refractivity contribution in [2.24, 2.45) is 11.8 Å². The van der Waals surface area contributed by atoms with Crippen LogP contribution < -0.4 is 5.32 Å². The number of phenolic OH excluding ortho intramolecular Hbond substituents is 1. The van der Waals surface area contributed by atoms with Crippen molar-refractivity contribution < 1.29 is 15.0 Å². The van der Waals surface area contributed by atoms with E-state index in [4.69, 9.17) is 5.11 Å². The van der Waals surface area contributed by atoms with E-state index in [1.165, 1.54) is 0 Å². The fourth-order valence-corrected chi connectivity index (χ4v) is 2.32. The van der Waals surface area contributed by atoms with Gasteiger partial charge in [-0.15, -0.1) is 0 Å². The lowest BCUT2D eigenvalue weighted by Gasteiger charge is -2.18. The number of aromatic hydroxyl groups is 1. The fraction of sp³-hybridized carbons (Fsp3) is 0.562. The van der Waals surface area contributed by atoms with E-state index in [9.17, 15) is 9.90 Å². The van der Waals surface area contributed by atoms with Crippen molar-refractivity contribution in [1.82, 2.24) is 5.32 Å². The van der Waals surface area contributed by atoms with E-state index in [0.29, 0.717) is 24.4 Å². The number of rotatable bonds is 7. The minimum absolute atomic E-state index is 0.00469. The number of carbonyl (C=O) groups is 1. The molecule has 0 saturated heterocycles. The highest BCUT2D eigenvalue weighted by Crippen LogP contribution is 2.19. The molecule has 1 aromatic rings. The van der Waals surface area contributed by atoms with E-state index in [2.05, 4.69) is 19.2 Å². The Morgan fingerprint density at radius 2 is 2.05 bits per heavy atom. The molecule has 4 nitrogen and oxygen atoms in total. The number of phenols is 1. The summed E-state index contributed by atoms with van der Waals surface area (Å²) < 4.78 is 0. The lowest BCUT2D eigenvalue weighted by Crippen LogP contribution is -2.30. The van der Waals surface area contributed by atoms with Gasteiger partial charge in [0, 0.05) is 13.2 Å². The minimum atomic E-state index is -0.269. The molecular weight excluding hydrogens is 254 g/mol. The molecule has 0 aliphatic carbocycles. The zero-order chi connectivity index (χ0) is 15.1. The number of aliphatic hydroxyl groups is 1. The molecule has 0 bridgehead atoms. The molecule has 0 aliphatic rings. The molecule has 1 rings (SSSR count). The van der Waals surface area contributed by atoms with Gasteiger partial charge < -0.3 is 15.5 Å². The molecule has 20 heavy (non-hydrogen) atoms. The van der Waals surface area contributed by atoms with Gasteiger partial charge in [0.25, 0.3) is 5.91 Å². The number of aliphatic hydroxyl groups excluding tert-OH is 1. The molecule has 0 aliphatic heterocycles. The van der Waals surface area contributed by atoms with E-state index >= 15 is 0 Å². The first-order chi connectivity index (χ1) is 9.43. The van der Waals surface area contributed by atoms with Crippen molar-refractivity contribution in [1.29, 1.82) is 0 Å². The van der Waals surface area contributed by atoms with Gasteiger partial charge in [0.15, 0.2) is 0 Å². The Morgan fingerprint density at radius 3 is 2.60 bits per heavy atom. The molecule has 1 aromatic carbocycles. The topological polar surface area (TPSA) is 69.6 Å². The number of carbonyl (C=O) groups excluding carboxylic acids is 1. The van der Waals surface area contributed by atoms with Crippen LogP contribution in [-0.4, -0.2) is 29.3 Å². The summed E-state index contributed by atoms with van der Waals surface area (Å²) >= 11 is 0. The van der Waals surface area contributed by atoms with Crippen molar-refractivity contribution in [2.45, 2.75) is 33.6 Å². The average molecular weight is 279 g/mol. The van der Waals surface area contributed by atoms with Crippen LogP contribution in [0.4, 0.5) is 0 Å². The van der Waals surface area contributed by atoms with Crippen molar-refractivity contribution in [3.8, 4) is 5.75 Å². The first-order valence-electron chi connectivity index (χ1n) is 7.12. The van der Waals surface area contributed by atoms with Gasteiger partial charge in [-0.25, -0.2) is 0 Å². The molecule has 0 aromatic heterocycles. The lowest BCUT2D eigenvalue weighted by molar-refractivity contribution is 0.0938. The molecular formula is C16H25NO3. The van der Waals surface area contributed by atoms with Gasteiger partial charge in [-0.1, -0.05) is 19.9 Å². The van der Waals surface area contributed by atoms with Gasteiger partial charge in [0.2, 0.25) is 0 Å². The summed E-state index contributed by atoms with van der Waals surface area (Å²) in [6.45, 7) is 6.76. The maximum atomic E-state index is 12.0. The Balaban J connectivity index is 2.60. The van der Waals surface area contributed by atoms with Gasteiger partial charge >= 0.3 is 0 Å². The van der Waals surface area contributed by atoms with Crippen molar-refractivity contribution in [2.75, 3.05) is 13.2 Å². The van der Waals surface area contributed by atoms with Gasteiger partial charge in [0.1, 0.15) is 5.75 Å². The smallest absolute Gasteiger partial charge is 0.255 e. The first kappa shape index (κ1) is 16.5. The van der Waals surface area contributed by atoms with Crippen LogP contribution >= 0.6 is 0 Å². The molecule has 1 amide bonds. The summed E-state index contributed by atoms with van der Waals surface area (Å²) in [6.07, 6.45) is 1.64. The third-order valence-electron chi connectivity index (χ3n) is 3.29. The number of hydrogen-bond donors (Lipinski definition) is 3. The molecule has 1 unspecified atom stereocenters. The summed E-state index contributed by atoms with van der Waals surface area (Å²) in [5.74, 6) is 0.520. The normalized spacial score (nSPS) is 12.4. The Morgan fingerprint density at radius 1 is 1.35 bits per heavy atom. The molecule has 112 valence electrons. The maximum absolute atomic E-state index is 12.0. The summed E-state index contributed by atoms with van der Waals surface area (Å²) in [4.78, 5) is 12.0. The van der Waals surface area contributed by atoms with Crippen molar-refractivity contribution >= 4 is 5.91 Å². The number of amides is 1. The zero-order valence-electron chi connectivity index (χ0n) is 12.5. The molecule has 0 spiro atoms. The molecule has 0 saturated carbocycles. The quantitative estimate of drug-likeness (QED) is 0.718. The number of benzene rings is 1. The van der Waals surface area contributed by atoms with Gasteiger partial charge in [0.05, 0.1) is 5.56 Å². The molecule has 1 atom stereocenters. The summed E-state index contributed by atoms with van der Waals surface area (Å²) in [5.41, 5.74) is 1.21. The van der Waals surface area contributed by atoms with Crippen LogP contribution in [0.1, 0.15) is 42.6 Å². The first-order valence-corrected chi connectivity index (χ1v) is 7.12.